The van der Waals surface area contributed by atoms with Gasteiger partial charge in [0.2, 0.25) is 11.5 Å². The van der Waals surface area contributed by atoms with Crippen LogP contribution in [0.5, 0.6) is 0 Å². The molecule has 3 heterocycles. The van der Waals surface area contributed by atoms with Crippen LogP contribution in [-0.4, -0.2) is 15.5 Å². The number of carbonyl (C=O) groups is 1. The Balaban J connectivity index is 1.59. The van der Waals surface area contributed by atoms with Crippen LogP contribution in [0.3, 0.4) is 0 Å². The average molecular weight is 351 g/mol. The SMILES string of the molecule is Cc1ccc(C(C)NC(=O)Cn2cnc3c(oc4ccccc43)c2=O)o1. The van der Waals surface area contributed by atoms with Gasteiger partial charge in [0.05, 0.1) is 12.4 Å². The molecule has 0 aliphatic carbocycles. The Morgan fingerprint density at radius 3 is 2.81 bits per heavy atom. The number of nitrogens with zero attached hydrogens (tertiary/aromatic N) is 2. The normalized spacial score (nSPS) is 12.5. The maximum atomic E-state index is 12.6. The summed E-state index contributed by atoms with van der Waals surface area (Å²) in [4.78, 5) is 29.2. The molecule has 3 aromatic heterocycles. The predicted octanol–water partition coefficient (Wildman–Crippen LogP) is 2.92. The van der Waals surface area contributed by atoms with E-state index in [0.717, 1.165) is 11.1 Å². The van der Waals surface area contributed by atoms with Gasteiger partial charge in [0.1, 0.15) is 29.2 Å². The molecular formula is C19H17N3O4. The van der Waals surface area contributed by atoms with Crippen molar-refractivity contribution in [2.24, 2.45) is 0 Å². The average Bonchev–Trinajstić information content (AvgIpc) is 3.21. The fourth-order valence-electron chi connectivity index (χ4n) is 2.93. The van der Waals surface area contributed by atoms with Gasteiger partial charge in [-0.25, -0.2) is 4.98 Å². The lowest BCUT2D eigenvalue weighted by Gasteiger charge is -2.12. The summed E-state index contributed by atoms with van der Waals surface area (Å²) in [5.41, 5.74) is 0.858. The molecule has 7 nitrogen and oxygen atoms in total. The van der Waals surface area contributed by atoms with E-state index in [1.807, 2.05) is 44.2 Å². The van der Waals surface area contributed by atoms with Crippen LogP contribution in [0.2, 0.25) is 0 Å². The van der Waals surface area contributed by atoms with Gasteiger partial charge in [-0.1, -0.05) is 12.1 Å². The predicted molar refractivity (Wildman–Crippen MR) is 95.8 cm³/mol. The zero-order chi connectivity index (χ0) is 18.3. The van der Waals surface area contributed by atoms with Gasteiger partial charge in [-0.15, -0.1) is 0 Å². The minimum absolute atomic E-state index is 0.149. The largest absolute Gasteiger partial charge is 0.464 e. The van der Waals surface area contributed by atoms with Crippen LogP contribution < -0.4 is 10.9 Å². The van der Waals surface area contributed by atoms with Gasteiger partial charge in [0, 0.05) is 5.39 Å². The number of furan rings is 2. The van der Waals surface area contributed by atoms with Gasteiger partial charge < -0.3 is 14.2 Å². The molecule has 7 heteroatoms. The van der Waals surface area contributed by atoms with E-state index in [1.54, 1.807) is 6.07 Å². The van der Waals surface area contributed by atoms with Crippen LogP contribution in [0.4, 0.5) is 0 Å². The highest BCUT2D eigenvalue weighted by Crippen LogP contribution is 2.24. The number of para-hydroxylation sites is 1. The monoisotopic (exact) mass is 351 g/mol. The third-order valence-corrected chi connectivity index (χ3v) is 4.23. The van der Waals surface area contributed by atoms with E-state index in [-0.39, 0.29) is 29.6 Å². The number of hydrogen-bond acceptors (Lipinski definition) is 5. The molecule has 0 spiro atoms. The van der Waals surface area contributed by atoms with E-state index in [9.17, 15) is 9.59 Å². The number of rotatable bonds is 4. The summed E-state index contributed by atoms with van der Waals surface area (Å²) < 4.78 is 12.4. The first-order valence-corrected chi connectivity index (χ1v) is 8.25. The number of benzene rings is 1. The molecule has 0 fully saturated rings. The van der Waals surface area contributed by atoms with Gasteiger partial charge in [-0.2, -0.15) is 0 Å². The molecule has 1 aromatic carbocycles. The maximum absolute atomic E-state index is 12.6. The quantitative estimate of drug-likeness (QED) is 0.610. The Bertz CT molecular complexity index is 1170. The smallest absolute Gasteiger partial charge is 0.297 e. The molecule has 0 aliphatic heterocycles. The number of fused-ring (bicyclic) bond motifs is 3. The van der Waals surface area contributed by atoms with Crippen molar-refractivity contribution in [1.29, 1.82) is 0 Å². The van der Waals surface area contributed by atoms with Crippen LogP contribution in [0.15, 0.2) is 56.4 Å². The van der Waals surface area contributed by atoms with Crippen molar-refractivity contribution >= 4 is 28.0 Å². The van der Waals surface area contributed by atoms with Crippen molar-refractivity contribution < 1.29 is 13.6 Å². The second-order valence-corrected chi connectivity index (χ2v) is 6.19. The van der Waals surface area contributed by atoms with Gasteiger partial charge in [0.25, 0.3) is 5.56 Å². The van der Waals surface area contributed by atoms with Crippen molar-refractivity contribution in [3.05, 3.63) is 64.6 Å². The Hall–Kier alpha value is -3.35. The minimum Gasteiger partial charge on any atom is -0.464 e. The standard InChI is InChI=1S/C19H17N3O4/c1-11-7-8-14(25-11)12(2)21-16(23)9-22-10-20-17-13-5-3-4-6-15(13)26-18(17)19(22)24/h3-8,10,12H,9H2,1-2H3,(H,21,23). The van der Waals surface area contributed by atoms with E-state index in [2.05, 4.69) is 10.3 Å². The summed E-state index contributed by atoms with van der Waals surface area (Å²) in [6.45, 7) is 3.51. The second kappa shape index (κ2) is 6.18. The molecule has 0 saturated heterocycles. The summed E-state index contributed by atoms with van der Waals surface area (Å²) in [6, 6.07) is 10.7. The number of hydrogen-bond donors (Lipinski definition) is 1. The van der Waals surface area contributed by atoms with Crippen molar-refractivity contribution in [3.63, 3.8) is 0 Å². The van der Waals surface area contributed by atoms with Crippen molar-refractivity contribution in [1.82, 2.24) is 14.9 Å². The highest BCUT2D eigenvalue weighted by Gasteiger charge is 2.16. The molecule has 0 aliphatic rings. The second-order valence-electron chi connectivity index (χ2n) is 6.19. The lowest BCUT2D eigenvalue weighted by Crippen LogP contribution is -2.33. The van der Waals surface area contributed by atoms with Crippen molar-refractivity contribution in [2.45, 2.75) is 26.4 Å². The van der Waals surface area contributed by atoms with Crippen LogP contribution in [0.25, 0.3) is 22.1 Å². The Morgan fingerprint density at radius 2 is 2.04 bits per heavy atom. The van der Waals surface area contributed by atoms with Gasteiger partial charge in [-0.05, 0) is 38.1 Å². The Morgan fingerprint density at radius 1 is 1.23 bits per heavy atom. The molecule has 0 saturated carbocycles. The summed E-state index contributed by atoms with van der Waals surface area (Å²) in [6.07, 6.45) is 1.37. The lowest BCUT2D eigenvalue weighted by molar-refractivity contribution is -0.122. The number of carbonyl (C=O) groups excluding carboxylic acids is 1. The molecule has 4 aromatic rings. The molecular weight excluding hydrogens is 334 g/mol. The minimum atomic E-state index is -0.386. The van der Waals surface area contributed by atoms with Crippen molar-refractivity contribution in [2.75, 3.05) is 0 Å². The molecule has 4 rings (SSSR count). The van der Waals surface area contributed by atoms with E-state index in [0.29, 0.717) is 16.9 Å². The highest BCUT2D eigenvalue weighted by atomic mass is 16.3. The third-order valence-electron chi connectivity index (χ3n) is 4.23. The summed E-state index contributed by atoms with van der Waals surface area (Å²) >= 11 is 0. The van der Waals surface area contributed by atoms with Gasteiger partial charge in [0.15, 0.2) is 0 Å². The molecule has 0 bridgehead atoms. The van der Waals surface area contributed by atoms with E-state index >= 15 is 0 Å². The van der Waals surface area contributed by atoms with Gasteiger partial charge in [-0.3, -0.25) is 14.2 Å². The maximum Gasteiger partial charge on any atom is 0.297 e. The fourth-order valence-corrected chi connectivity index (χ4v) is 2.93. The molecule has 26 heavy (non-hydrogen) atoms. The number of nitrogens with one attached hydrogen (secondary N) is 1. The van der Waals surface area contributed by atoms with Crippen LogP contribution in [0, 0.1) is 6.92 Å². The number of aryl methyl sites for hydroxylation is 1. The summed E-state index contributed by atoms with van der Waals surface area (Å²) in [5, 5.41) is 3.58. The molecule has 1 unspecified atom stereocenters. The molecule has 1 amide bonds. The van der Waals surface area contributed by atoms with E-state index in [1.165, 1.54) is 10.9 Å². The number of amides is 1. The van der Waals surface area contributed by atoms with Crippen LogP contribution in [0.1, 0.15) is 24.5 Å². The molecule has 1 N–H and O–H groups in total. The first kappa shape index (κ1) is 16.1. The van der Waals surface area contributed by atoms with Gasteiger partial charge >= 0.3 is 0 Å². The lowest BCUT2D eigenvalue weighted by atomic mass is 10.2. The van der Waals surface area contributed by atoms with E-state index < -0.39 is 0 Å². The van der Waals surface area contributed by atoms with Crippen LogP contribution >= 0.6 is 0 Å². The zero-order valence-electron chi connectivity index (χ0n) is 14.4. The first-order valence-electron chi connectivity index (χ1n) is 8.25. The number of aromatic nitrogens is 2. The first-order chi connectivity index (χ1) is 12.5. The summed E-state index contributed by atoms with van der Waals surface area (Å²) in [7, 11) is 0. The summed E-state index contributed by atoms with van der Waals surface area (Å²) in [5.74, 6) is 1.12. The molecule has 132 valence electrons. The topological polar surface area (TPSA) is 90.3 Å². The third kappa shape index (κ3) is 2.77. The fraction of sp³-hybridized carbons (Fsp3) is 0.211. The molecule has 1 atom stereocenters. The van der Waals surface area contributed by atoms with E-state index in [4.69, 9.17) is 8.83 Å². The molecule has 0 radical (unpaired) electrons. The zero-order valence-corrected chi connectivity index (χ0v) is 14.4. The Labute approximate surface area is 148 Å². The highest BCUT2D eigenvalue weighted by molar-refractivity contribution is 6.01. The van der Waals surface area contributed by atoms with Crippen molar-refractivity contribution in [3.8, 4) is 0 Å². The Kier molecular flexibility index (Phi) is 3.84. The van der Waals surface area contributed by atoms with Crippen LogP contribution in [-0.2, 0) is 11.3 Å².